The van der Waals surface area contributed by atoms with E-state index in [0.717, 1.165) is 35.4 Å². The molecule has 0 unspecified atom stereocenters. The van der Waals surface area contributed by atoms with E-state index < -0.39 is 11.9 Å². The second kappa shape index (κ2) is 10.8. The number of hydrogen-bond acceptors (Lipinski definition) is 4. The lowest BCUT2D eigenvalue weighted by atomic mass is 9.98. The summed E-state index contributed by atoms with van der Waals surface area (Å²) < 4.78 is 7.17. The number of anilines is 1. The molecule has 0 radical (unpaired) electrons. The second-order valence-electron chi connectivity index (χ2n) is 7.54. The standard InChI is InChI=1S/C24H31BrN2O4/c1-7-10-11-18-19(22(28)20(25)14(4)27(18)5)23(29)26-21-15(8-2)12-17(24(30)31-6)13-16(21)9-3/h12-13H,7-11H2,1-6H3,(H,26,29). The van der Waals surface area contributed by atoms with Crippen LogP contribution in [0.25, 0.3) is 0 Å². The van der Waals surface area contributed by atoms with Crippen LogP contribution in [0.4, 0.5) is 5.69 Å². The number of benzene rings is 1. The first-order chi connectivity index (χ1) is 14.7. The van der Waals surface area contributed by atoms with Crippen LogP contribution in [0.15, 0.2) is 21.4 Å². The molecule has 0 atom stereocenters. The van der Waals surface area contributed by atoms with Crippen molar-refractivity contribution in [2.45, 2.75) is 59.8 Å². The van der Waals surface area contributed by atoms with Gasteiger partial charge in [-0.1, -0.05) is 27.2 Å². The number of ether oxygens (including phenoxy) is 1. The summed E-state index contributed by atoms with van der Waals surface area (Å²) in [6.07, 6.45) is 3.71. The number of pyridine rings is 1. The van der Waals surface area contributed by atoms with Gasteiger partial charge < -0.3 is 14.6 Å². The minimum Gasteiger partial charge on any atom is -0.465 e. The Balaban J connectivity index is 2.62. The average molecular weight is 491 g/mol. The van der Waals surface area contributed by atoms with Crippen molar-refractivity contribution in [2.24, 2.45) is 7.05 Å². The molecule has 1 N–H and O–H groups in total. The van der Waals surface area contributed by atoms with E-state index in [-0.39, 0.29) is 11.0 Å². The van der Waals surface area contributed by atoms with Crippen LogP contribution in [-0.2, 0) is 31.0 Å². The van der Waals surface area contributed by atoms with Crippen LogP contribution in [0.5, 0.6) is 0 Å². The van der Waals surface area contributed by atoms with E-state index in [9.17, 15) is 14.4 Å². The fourth-order valence-electron chi connectivity index (χ4n) is 3.69. The van der Waals surface area contributed by atoms with E-state index in [2.05, 4.69) is 28.2 Å². The van der Waals surface area contributed by atoms with Gasteiger partial charge >= 0.3 is 5.97 Å². The molecular weight excluding hydrogens is 460 g/mol. The molecule has 2 aromatic rings. The maximum atomic E-state index is 13.4. The van der Waals surface area contributed by atoms with Crippen molar-refractivity contribution < 1.29 is 14.3 Å². The van der Waals surface area contributed by atoms with Gasteiger partial charge in [0.25, 0.3) is 5.91 Å². The van der Waals surface area contributed by atoms with E-state index in [1.54, 1.807) is 12.1 Å². The van der Waals surface area contributed by atoms with Crippen LogP contribution >= 0.6 is 15.9 Å². The molecule has 0 bridgehead atoms. The van der Waals surface area contributed by atoms with Crippen LogP contribution < -0.4 is 10.7 Å². The van der Waals surface area contributed by atoms with Crippen molar-refractivity contribution in [3.05, 3.63) is 60.5 Å². The molecule has 7 heteroatoms. The summed E-state index contributed by atoms with van der Waals surface area (Å²) >= 11 is 3.36. The molecule has 0 aliphatic rings. The molecule has 1 aromatic heterocycles. The number of nitrogens with one attached hydrogen (secondary N) is 1. The predicted molar refractivity (Wildman–Crippen MR) is 127 cm³/mol. The van der Waals surface area contributed by atoms with Crippen LogP contribution in [0.3, 0.4) is 0 Å². The Morgan fingerprint density at radius 3 is 2.19 bits per heavy atom. The number of carbonyl (C=O) groups excluding carboxylic acids is 2. The van der Waals surface area contributed by atoms with Gasteiger partial charge in [0, 0.05) is 24.1 Å². The lowest BCUT2D eigenvalue weighted by molar-refractivity contribution is 0.0600. The zero-order valence-electron chi connectivity index (χ0n) is 19.1. The Hall–Kier alpha value is -2.41. The van der Waals surface area contributed by atoms with Crippen LogP contribution in [0, 0.1) is 6.92 Å². The molecule has 0 fully saturated rings. The van der Waals surface area contributed by atoms with Crippen molar-refractivity contribution in [2.75, 3.05) is 12.4 Å². The summed E-state index contributed by atoms with van der Waals surface area (Å²) in [4.78, 5) is 38.5. The first-order valence-corrected chi connectivity index (χ1v) is 11.4. The van der Waals surface area contributed by atoms with E-state index in [0.29, 0.717) is 35.0 Å². The smallest absolute Gasteiger partial charge is 0.337 e. The van der Waals surface area contributed by atoms with E-state index >= 15 is 0 Å². The van der Waals surface area contributed by atoms with Gasteiger partial charge in [-0.2, -0.15) is 0 Å². The Kier molecular flexibility index (Phi) is 8.62. The van der Waals surface area contributed by atoms with Gasteiger partial charge in [-0.05, 0) is 71.8 Å². The van der Waals surface area contributed by atoms with E-state index in [4.69, 9.17) is 4.74 Å². The van der Waals surface area contributed by atoms with Gasteiger partial charge in [-0.3, -0.25) is 9.59 Å². The second-order valence-corrected chi connectivity index (χ2v) is 8.33. The minimum atomic E-state index is -0.428. The molecule has 0 aliphatic carbocycles. The van der Waals surface area contributed by atoms with E-state index in [1.165, 1.54) is 7.11 Å². The van der Waals surface area contributed by atoms with Crippen molar-refractivity contribution in [3.8, 4) is 0 Å². The lowest BCUT2D eigenvalue weighted by Crippen LogP contribution is -2.29. The molecule has 0 saturated carbocycles. The summed E-state index contributed by atoms with van der Waals surface area (Å²) in [6.45, 7) is 7.85. The average Bonchev–Trinajstić information content (AvgIpc) is 2.78. The number of methoxy groups -OCH3 is 1. The van der Waals surface area contributed by atoms with Gasteiger partial charge in [0.05, 0.1) is 17.1 Å². The summed E-state index contributed by atoms with van der Waals surface area (Å²) in [7, 11) is 3.22. The molecule has 31 heavy (non-hydrogen) atoms. The van der Waals surface area contributed by atoms with Crippen molar-refractivity contribution >= 4 is 33.5 Å². The van der Waals surface area contributed by atoms with Crippen LogP contribution in [0.1, 0.15) is 76.8 Å². The van der Waals surface area contributed by atoms with Gasteiger partial charge in [-0.25, -0.2) is 4.79 Å². The zero-order valence-corrected chi connectivity index (χ0v) is 20.7. The zero-order chi connectivity index (χ0) is 23.3. The number of aryl methyl sites for hydroxylation is 2. The summed E-state index contributed by atoms with van der Waals surface area (Å²) in [5.74, 6) is -0.844. The maximum Gasteiger partial charge on any atom is 0.337 e. The van der Waals surface area contributed by atoms with Crippen molar-refractivity contribution in [3.63, 3.8) is 0 Å². The highest BCUT2D eigenvalue weighted by molar-refractivity contribution is 9.10. The normalized spacial score (nSPS) is 10.8. The Morgan fingerprint density at radius 2 is 1.71 bits per heavy atom. The molecule has 0 aliphatic heterocycles. The monoisotopic (exact) mass is 490 g/mol. The number of esters is 1. The number of halogens is 1. The molecule has 168 valence electrons. The lowest BCUT2D eigenvalue weighted by Gasteiger charge is -2.20. The molecule has 2 rings (SSSR count). The number of aromatic nitrogens is 1. The minimum absolute atomic E-state index is 0.162. The molecule has 0 saturated heterocycles. The number of nitrogens with zero attached hydrogens (tertiary/aromatic N) is 1. The molecule has 1 heterocycles. The number of carbonyl (C=O) groups is 2. The quantitative estimate of drug-likeness (QED) is 0.530. The number of rotatable bonds is 8. The largest absolute Gasteiger partial charge is 0.465 e. The third-order valence-corrected chi connectivity index (χ3v) is 6.59. The summed E-state index contributed by atoms with van der Waals surface area (Å²) in [6, 6.07) is 3.48. The van der Waals surface area contributed by atoms with Crippen LogP contribution in [0.2, 0.25) is 0 Å². The van der Waals surface area contributed by atoms with Gasteiger partial charge in [0.2, 0.25) is 5.43 Å². The fourth-order valence-corrected chi connectivity index (χ4v) is 4.16. The summed E-state index contributed by atoms with van der Waals surface area (Å²) in [5.41, 5.74) is 4.13. The number of unbranched alkanes of at least 4 members (excludes halogenated alkanes) is 1. The maximum absolute atomic E-state index is 13.4. The SMILES string of the molecule is CCCCc1c(C(=O)Nc2c(CC)cc(C(=O)OC)cc2CC)c(=O)c(Br)c(C)n1C. The fraction of sp³-hybridized carbons (Fsp3) is 0.458. The molecular formula is C24H31BrN2O4. The molecule has 1 amide bonds. The highest BCUT2D eigenvalue weighted by Crippen LogP contribution is 2.27. The highest BCUT2D eigenvalue weighted by Gasteiger charge is 2.24. The topological polar surface area (TPSA) is 77.4 Å². The Bertz CT molecular complexity index is 1030. The number of amides is 1. The summed E-state index contributed by atoms with van der Waals surface area (Å²) in [5, 5.41) is 2.99. The van der Waals surface area contributed by atoms with Crippen molar-refractivity contribution in [1.82, 2.24) is 4.57 Å². The predicted octanol–water partition coefficient (Wildman–Crippen LogP) is 4.96. The van der Waals surface area contributed by atoms with Gasteiger partial charge in [0.15, 0.2) is 0 Å². The highest BCUT2D eigenvalue weighted by atomic mass is 79.9. The Labute approximate surface area is 192 Å². The van der Waals surface area contributed by atoms with Gasteiger partial charge in [0.1, 0.15) is 5.56 Å². The molecule has 0 spiro atoms. The Morgan fingerprint density at radius 1 is 1.13 bits per heavy atom. The third-order valence-electron chi connectivity index (χ3n) is 5.66. The van der Waals surface area contributed by atoms with Crippen LogP contribution in [-0.4, -0.2) is 23.6 Å². The molecule has 6 nitrogen and oxygen atoms in total. The number of hydrogen-bond donors (Lipinski definition) is 1. The third kappa shape index (κ3) is 5.09. The van der Waals surface area contributed by atoms with E-state index in [1.807, 2.05) is 32.4 Å². The molecule has 1 aromatic carbocycles. The first-order valence-electron chi connectivity index (χ1n) is 10.6. The first kappa shape index (κ1) is 24.9. The van der Waals surface area contributed by atoms with Gasteiger partial charge in [-0.15, -0.1) is 0 Å². The van der Waals surface area contributed by atoms with Crippen molar-refractivity contribution in [1.29, 1.82) is 0 Å².